The van der Waals surface area contributed by atoms with Crippen molar-refractivity contribution in [3.05, 3.63) is 0 Å². The third kappa shape index (κ3) is 2.11. The lowest BCUT2D eigenvalue weighted by Crippen LogP contribution is -2.52. The summed E-state index contributed by atoms with van der Waals surface area (Å²) in [6, 6.07) is 0. The minimum Gasteiger partial charge on any atom is -0.350 e. The van der Waals surface area contributed by atoms with E-state index in [2.05, 4.69) is 29.6 Å². The van der Waals surface area contributed by atoms with Crippen LogP contribution in [-0.4, -0.2) is 18.5 Å². The molecule has 0 radical (unpaired) electrons. The Bertz CT molecular complexity index is 181. The van der Waals surface area contributed by atoms with E-state index in [0.29, 0.717) is 5.96 Å². The van der Waals surface area contributed by atoms with Gasteiger partial charge < -0.3 is 5.32 Å². The van der Waals surface area contributed by atoms with Crippen LogP contribution in [0.3, 0.4) is 0 Å². The van der Waals surface area contributed by atoms with Crippen LogP contribution in [0.1, 0.15) is 26.7 Å². The zero-order chi connectivity index (χ0) is 9.19. The van der Waals surface area contributed by atoms with E-state index in [1.54, 1.807) is 7.05 Å². The molecule has 0 saturated heterocycles. The van der Waals surface area contributed by atoms with Gasteiger partial charge in [-0.25, -0.2) is 5.84 Å². The van der Waals surface area contributed by atoms with Crippen LogP contribution >= 0.6 is 0 Å². The summed E-state index contributed by atoms with van der Waals surface area (Å²) in [5, 5.41) is 3.27. The Kier molecular flexibility index (Phi) is 2.57. The van der Waals surface area contributed by atoms with Crippen molar-refractivity contribution in [2.75, 3.05) is 7.05 Å². The van der Waals surface area contributed by atoms with Crippen molar-refractivity contribution in [1.82, 2.24) is 10.7 Å². The van der Waals surface area contributed by atoms with Crippen molar-refractivity contribution in [2.45, 2.75) is 32.2 Å². The Balaban J connectivity index is 2.47. The van der Waals surface area contributed by atoms with Gasteiger partial charge in [0.05, 0.1) is 0 Å². The third-order valence-electron chi connectivity index (χ3n) is 2.40. The predicted molar refractivity (Wildman–Crippen MR) is 50.6 cm³/mol. The molecular formula is C8H18N4. The number of rotatable bonds is 2. The summed E-state index contributed by atoms with van der Waals surface area (Å²) in [5.74, 6) is 6.69. The molecule has 0 heterocycles. The van der Waals surface area contributed by atoms with Crippen molar-refractivity contribution in [3.8, 4) is 0 Å². The lowest BCUT2D eigenvalue weighted by Gasteiger charge is -2.27. The SMILES string of the molecule is CN=C(NN)NC(C)(C)C1CC1. The molecule has 70 valence electrons. The molecule has 0 atom stereocenters. The number of hydrogen-bond acceptors (Lipinski definition) is 2. The number of nitrogens with zero attached hydrogens (tertiary/aromatic N) is 1. The Labute approximate surface area is 73.6 Å². The average molecular weight is 170 g/mol. The normalized spacial score (nSPS) is 19.2. The maximum absolute atomic E-state index is 5.27. The zero-order valence-electron chi connectivity index (χ0n) is 8.02. The van der Waals surface area contributed by atoms with E-state index in [1.165, 1.54) is 12.8 Å². The molecule has 0 unspecified atom stereocenters. The Hall–Kier alpha value is -0.770. The molecule has 0 aromatic rings. The molecule has 4 heteroatoms. The smallest absolute Gasteiger partial charge is 0.205 e. The fourth-order valence-corrected chi connectivity index (χ4v) is 1.37. The highest BCUT2D eigenvalue weighted by Gasteiger charge is 2.38. The van der Waals surface area contributed by atoms with E-state index >= 15 is 0 Å². The van der Waals surface area contributed by atoms with Gasteiger partial charge in [0, 0.05) is 12.6 Å². The second-order valence-corrected chi connectivity index (χ2v) is 3.84. The lowest BCUT2D eigenvalue weighted by atomic mass is 9.99. The number of nitrogens with two attached hydrogens (primary N) is 1. The van der Waals surface area contributed by atoms with E-state index in [-0.39, 0.29) is 5.54 Å². The van der Waals surface area contributed by atoms with Gasteiger partial charge in [0.1, 0.15) is 0 Å². The predicted octanol–water partition coefficient (Wildman–Crippen LogP) is 0.214. The number of aliphatic imine (C=N–C) groups is 1. The van der Waals surface area contributed by atoms with E-state index in [4.69, 9.17) is 5.84 Å². The van der Waals surface area contributed by atoms with Gasteiger partial charge in [-0.05, 0) is 32.6 Å². The maximum atomic E-state index is 5.27. The van der Waals surface area contributed by atoms with Gasteiger partial charge in [-0.1, -0.05) is 0 Å². The van der Waals surface area contributed by atoms with Crippen LogP contribution in [0.15, 0.2) is 4.99 Å². The van der Waals surface area contributed by atoms with E-state index < -0.39 is 0 Å². The van der Waals surface area contributed by atoms with Gasteiger partial charge in [0.15, 0.2) is 0 Å². The van der Waals surface area contributed by atoms with Gasteiger partial charge in [-0.15, -0.1) is 0 Å². The highest BCUT2D eigenvalue weighted by atomic mass is 15.3. The third-order valence-corrected chi connectivity index (χ3v) is 2.40. The van der Waals surface area contributed by atoms with Crippen molar-refractivity contribution in [2.24, 2.45) is 16.8 Å². The van der Waals surface area contributed by atoms with Crippen molar-refractivity contribution >= 4 is 5.96 Å². The van der Waals surface area contributed by atoms with Gasteiger partial charge in [-0.3, -0.25) is 10.4 Å². The molecule has 0 aliphatic heterocycles. The summed E-state index contributed by atoms with van der Waals surface area (Å²) in [6.07, 6.45) is 2.61. The summed E-state index contributed by atoms with van der Waals surface area (Å²) < 4.78 is 0. The van der Waals surface area contributed by atoms with E-state index in [9.17, 15) is 0 Å². The molecule has 12 heavy (non-hydrogen) atoms. The quantitative estimate of drug-likeness (QED) is 0.240. The first-order valence-corrected chi connectivity index (χ1v) is 4.31. The second-order valence-electron chi connectivity index (χ2n) is 3.84. The summed E-state index contributed by atoms with van der Waals surface area (Å²) in [6.45, 7) is 4.35. The fourth-order valence-electron chi connectivity index (χ4n) is 1.37. The van der Waals surface area contributed by atoms with Crippen LogP contribution in [-0.2, 0) is 0 Å². The van der Waals surface area contributed by atoms with Gasteiger partial charge in [0.25, 0.3) is 0 Å². The molecule has 1 rings (SSSR count). The molecule has 0 bridgehead atoms. The van der Waals surface area contributed by atoms with Crippen LogP contribution in [0.5, 0.6) is 0 Å². The van der Waals surface area contributed by atoms with Gasteiger partial charge >= 0.3 is 0 Å². The summed E-state index contributed by atoms with van der Waals surface area (Å²) in [7, 11) is 1.71. The molecule has 1 saturated carbocycles. The van der Waals surface area contributed by atoms with Crippen LogP contribution in [0.25, 0.3) is 0 Å². The molecular weight excluding hydrogens is 152 g/mol. The Morgan fingerprint density at radius 1 is 1.50 bits per heavy atom. The minimum atomic E-state index is 0.112. The van der Waals surface area contributed by atoms with Gasteiger partial charge in [-0.2, -0.15) is 0 Å². The van der Waals surface area contributed by atoms with E-state index in [0.717, 1.165) is 5.92 Å². The van der Waals surface area contributed by atoms with Gasteiger partial charge in [0.2, 0.25) is 5.96 Å². The first-order chi connectivity index (χ1) is 5.60. The van der Waals surface area contributed by atoms with E-state index in [1.807, 2.05) is 0 Å². The van der Waals surface area contributed by atoms with Crippen molar-refractivity contribution in [1.29, 1.82) is 0 Å². The summed E-state index contributed by atoms with van der Waals surface area (Å²) >= 11 is 0. The highest BCUT2D eigenvalue weighted by molar-refractivity contribution is 5.79. The summed E-state index contributed by atoms with van der Waals surface area (Å²) in [4.78, 5) is 3.97. The number of hydrogen-bond donors (Lipinski definition) is 3. The number of nitrogens with one attached hydrogen (secondary N) is 2. The van der Waals surface area contributed by atoms with Crippen molar-refractivity contribution in [3.63, 3.8) is 0 Å². The largest absolute Gasteiger partial charge is 0.350 e. The average Bonchev–Trinajstić information content (AvgIpc) is 2.82. The monoisotopic (exact) mass is 170 g/mol. The molecule has 0 amide bonds. The Morgan fingerprint density at radius 3 is 2.42 bits per heavy atom. The first-order valence-electron chi connectivity index (χ1n) is 4.31. The highest BCUT2D eigenvalue weighted by Crippen LogP contribution is 2.38. The standard InChI is InChI=1S/C8H18N4/c1-8(2,6-4-5-6)11-7(10-3)12-9/h6H,4-5,9H2,1-3H3,(H2,10,11,12). The lowest BCUT2D eigenvalue weighted by molar-refractivity contribution is 0.396. The van der Waals surface area contributed by atoms with Crippen LogP contribution in [0.2, 0.25) is 0 Å². The molecule has 1 aliphatic rings. The minimum absolute atomic E-state index is 0.112. The fraction of sp³-hybridized carbons (Fsp3) is 0.875. The molecule has 1 fully saturated rings. The van der Waals surface area contributed by atoms with Crippen LogP contribution in [0, 0.1) is 5.92 Å². The van der Waals surface area contributed by atoms with Crippen LogP contribution in [0.4, 0.5) is 0 Å². The van der Waals surface area contributed by atoms with Crippen LogP contribution < -0.4 is 16.6 Å². The number of hydrazine groups is 1. The second kappa shape index (κ2) is 3.31. The topological polar surface area (TPSA) is 62.4 Å². The molecule has 0 aromatic heterocycles. The molecule has 1 aliphatic carbocycles. The first kappa shape index (κ1) is 9.32. The molecule has 0 spiro atoms. The number of guanidine groups is 1. The maximum Gasteiger partial charge on any atom is 0.205 e. The molecule has 4 N–H and O–H groups in total. The Morgan fingerprint density at radius 2 is 2.08 bits per heavy atom. The molecule has 4 nitrogen and oxygen atoms in total. The molecule has 0 aromatic carbocycles. The summed E-state index contributed by atoms with van der Waals surface area (Å²) in [5.41, 5.74) is 2.64. The van der Waals surface area contributed by atoms with Crippen molar-refractivity contribution < 1.29 is 0 Å². The zero-order valence-corrected chi connectivity index (χ0v) is 8.02.